The van der Waals surface area contributed by atoms with Gasteiger partial charge in [0.15, 0.2) is 16.3 Å². The van der Waals surface area contributed by atoms with E-state index in [1.807, 2.05) is 12.1 Å². The number of amides is 3. The lowest BCUT2D eigenvalue weighted by atomic mass is 10.1. The molecular formula is C18H27AlN4O9S. The Hall–Kier alpha value is -2.67. The number of aliphatic carboxylic acids is 2. The molecule has 0 spiro atoms. The van der Waals surface area contributed by atoms with Crippen LogP contribution in [0.1, 0.15) is 12.8 Å². The van der Waals surface area contributed by atoms with Crippen molar-refractivity contribution in [1.29, 1.82) is 0 Å². The minimum absolute atomic E-state index is 0. The monoisotopic (exact) mass is 502 g/mol. The second-order valence-electron chi connectivity index (χ2n) is 6.37. The van der Waals surface area contributed by atoms with Crippen LogP contribution in [0.4, 0.5) is 5.69 Å². The fourth-order valence-electron chi connectivity index (χ4n) is 2.21. The van der Waals surface area contributed by atoms with Crippen LogP contribution >= 0.6 is 11.8 Å². The summed E-state index contributed by atoms with van der Waals surface area (Å²) in [5.41, 5.74) is 5.97. The van der Waals surface area contributed by atoms with Crippen LogP contribution in [0.2, 0.25) is 0 Å². The zero-order chi connectivity index (χ0) is 23.4. The lowest BCUT2D eigenvalue weighted by molar-refractivity contribution is -0.139. The minimum Gasteiger partial charge on any atom is -0.480 e. The Labute approximate surface area is 201 Å². The molecule has 2 atom stereocenters. The Morgan fingerprint density at radius 3 is 2.27 bits per heavy atom. The molecule has 1 rings (SSSR count). The Morgan fingerprint density at radius 2 is 1.70 bits per heavy atom. The van der Waals surface area contributed by atoms with Crippen LogP contribution in [0.3, 0.4) is 0 Å². The Bertz CT molecular complexity index is 828. The van der Waals surface area contributed by atoms with Crippen LogP contribution in [0.15, 0.2) is 24.3 Å². The number of benzene rings is 1. The fourth-order valence-corrected chi connectivity index (χ4v) is 3.34. The van der Waals surface area contributed by atoms with E-state index in [4.69, 9.17) is 15.9 Å². The summed E-state index contributed by atoms with van der Waals surface area (Å²) in [6.07, 6.45) is -0.360. The minimum atomic E-state index is -1.26. The lowest BCUT2D eigenvalue weighted by Crippen LogP contribution is -2.49. The molecule has 0 saturated carbocycles. The quantitative estimate of drug-likeness (QED) is 0.145. The molecule has 0 bridgehead atoms. The molecule has 1 aromatic rings. The van der Waals surface area contributed by atoms with E-state index in [0.717, 1.165) is 16.2 Å². The summed E-state index contributed by atoms with van der Waals surface area (Å²) in [5, 5.41) is 24.8. The van der Waals surface area contributed by atoms with Gasteiger partial charge in [0.2, 0.25) is 17.7 Å². The number of thioether (sulfide) groups is 1. The van der Waals surface area contributed by atoms with Crippen molar-refractivity contribution in [2.45, 2.75) is 24.9 Å². The van der Waals surface area contributed by atoms with Gasteiger partial charge in [-0.15, -0.1) is 16.2 Å². The van der Waals surface area contributed by atoms with Gasteiger partial charge in [0.05, 0.1) is 5.75 Å². The molecule has 1 aromatic carbocycles. The average molecular weight is 502 g/mol. The maximum atomic E-state index is 12.2. The predicted molar refractivity (Wildman–Crippen MR) is 122 cm³/mol. The highest BCUT2D eigenvalue weighted by Gasteiger charge is 2.23. The van der Waals surface area contributed by atoms with E-state index in [0.29, 0.717) is 5.69 Å². The molecule has 0 heterocycles. The number of hydrogen-bond acceptors (Lipinski definition) is 7. The largest absolute Gasteiger partial charge is 0.480 e. The molecule has 33 heavy (non-hydrogen) atoms. The van der Waals surface area contributed by atoms with Crippen molar-refractivity contribution in [1.82, 2.24) is 10.6 Å². The van der Waals surface area contributed by atoms with Gasteiger partial charge in [-0.25, -0.2) is 0 Å². The second-order valence-corrected chi connectivity index (χ2v) is 8.02. The molecule has 0 aliphatic carbocycles. The average Bonchev–Trinajstić information content (AvgIpc) is 2.71. The summed E-state index contributed by atoms with van der Waals surface area (Å²) in [5.74, 6) is -4.19. The number of rotatable bonds is 13. The molecule has 11 N–H and O–H groups in total. The molecule has 0 aliphatic heterocycles. The molecule has 15 heteroatoms. The van der Waals surface area contributed by atoms with Crippen molar-refractivity contribution in [3.8, 4) is 0 Å². The van der Waals surface area contributed by atoms with Gasteiger partial charge in [-0.05, 0) is 12.5 Å². The lowest BCUT2D eigenvalue weighted by Gasteiger charge is -2.18. The van der Waals surface area contributed by atoms with Crippen molar-refractivity contribution in [3.63, 3.8) is 0 Å². The van der Waals surface area contributed by atoms with E-state index in [1.54, 1.807) is 12.1 Å². The molecule has 3 amide bonds. The third kappa shape index (κ3) is 13.5. The van der Waals surface area contributed by atoms with Gasteiger partial charge in [-0.1, -0.05) is 18.2 Å². The number of para-hydroxylation sites is 1. The van der Waals surface area contributed by atoms with Gasteiger partial charge in [0.25, 0.3) is 0 Å². The molecule has 0 saturated heterocycles. The number of carboxylic acids is 2. The summed E-state index contributed by atoms with van der Waals surface area (Å²) < 4.78 is 0.804. The van der Waals surface area contributed by atoms with Crippen LogP contribution < -0.4 is 26.1 Å². The summed E-state index contributed by atoms with van der Waals surface area (Å²) in [7, 11) is 0. The maximum Gasteiger partial charge on any atom is 0.322 e. The second kappa shape index (κ2) is 16.9. The third-order valence-electron chi connectivity index (χ3n) is 3.82. The molecule has 0 fully saturated rings. The molecular weight excluding hydrogens is 475 g/mol. The van der Waals surface area contributed by atoms with Gasteiger partial charge in [0, 0.05) is 17.9 Å². The Kier molecular flexibility index (Phi) is 16.6. The highest BCUT2D eigenvalue weighted by Crippen LogP contribution is 2.08. The smallest absolute Gasteiger partial charge is 0.322 e. The van der Waals surface area contributed by atoms with Crippen molar-refractivity contribution in [3.05, 3.63) is 24.3 Å². The fraction of sp³-hybridized carbons (Fsp3) is 0.389. The zero-order valence-corrected chi connectivity index (χ0v) is 19.5. The van der Waals surface area contributed by atoms with Gasteiger partial charge in [-0.3, -0.25) is 24.0 Å². The molecule has 182 valence electrons. The predicted octanol–water partition coefficient (Wildman–Crippen LogP) is -3.62. The molecule has 0 aliphatic rings. The summed E-state index contributed by atoms with van der Waals surface area (Å²) in [6.45, 7) is -0.634. The van der Waals surface area contributed by atoms with Gasteiger partial charge < -0.3 is 42.8 Å². The van der Waals surface area contributed by atoms with Crippen molar-refractivity contribution < 1.29 is 45.1 Å². The normalized spacial score (nSPS) is 11.5. The van der Waals surface area contributed by atoms with E-state index in [-0.39, 0.29) is 41.2 Å². The topological polar surface area (TPSA) is 251 Å². The first-order chi connectivity index (χ1) is 14.6. The van der Waals surface area contributed by atoms with Gasteiger partial charge in [-0.2, -0.15) is 0 Å². The van der Waals surface area contributed by atoms with Crippen LogP contribution in [0.5, 0.6) is 0 Å². The number of carbonyl (C=O) groups excluding carboxylic acids is 3. The SMILES string of the molecule is NC(CCC(=O)NC(CSCC(=O)Nc1cccc[c]1[Al])C(=O)NCC(=O)O)C(=O)O.O.O. The van der Waals surface area contributed by atoms with E-state index >= 15 is 0 Å². The Balaban J connectivity index is 0. The van der Waals surface area contributed by atoms with Gasteiger partial charge in [0.1, 0.15) is 18.6 Å². The zero-order valence-electron chi connectivity index (χ0n) is 17.5. The third-order valence-corrected chi connectivity index (χ3v) is 5.36. The molecule has 13 nitrogen and oxygen atoms in total. The molecule has 2 unspecified atom stereocenters. The highest BCUT2D eigenvalue weighted by molar-refractivity contribution is 8.00. The summed E-state index contributed by atoms with van der Waals surface area (Å²) >= 11 is 3.56. The standard InChI is InChI=1S/C18H23N4O7S.Al.2H2O/c19-12(18(28)29)6-7-14(23)22-13(17(27)20-8-16(25)26)9-30-10-15(24)21-11-4-2-1-3-5-11;;;/h1-4,12-13H,6-10,19H2,(H,20,27)(H,21,24)(H,22,23)(H,25,26)(H,28,29);;2*1H2. The number of hydrogen-bond donors (Lipinski definition) is 6. The first-order valence-electron chi connectivity index (χ1n) is 9.09. The highest BCUT2D eigenvalue weighted by atomic mass is 32.2. The first kappa shape index (κ1) is 32.5. The van der Waals surface area contributed by atoms with Crippen molar-refractivity contribution in [2.24, 2.45) is 5.73 Å². The van der Waals surface area contributed by atoms with Crippen LogP contribution in [-0.4, -0.2) is 97.3 Å². The van der Waals surface area contributed by atoms with E-state index in [9.17, 15) is 24.0 Å². The van der Waals surface area contributed by atoms with E-state index in [1.165, 1.54) is 0 Å². The summed E-state index contributed by atoms with van der Waals surface area (Å²) in [6, 6.07) is 4.80. The summed E-state index contributed by atoms with van der Waals surface area (Å²) in [4.78, 5) is 57.8. The maximum absolute atomic E-state index is 12.2. The number of nitrogens with two attached hydrogens (primary N) is 1. The Morgan fingerprint density at radius 1 is 1.06 bits per heavy atom. The number of carboxylic acid groups (broad SMARTS) is 2. The van der Waals surface area contributed by atoms with Crippen LogP contribution in [0.25, 0.3) is 0 Å². The van der Waals surface area contributed by atoms with E-state index in [2.05, 4.69) is 32.2 Å². The van der Waals surface area contributed by atoms with Crippen molar-refractivity contribution >= 4 is 67.8 Å². The van der Waals surface area contributed by atoms with Crippen molar-refractivity contribution in [2.75, 3.05) is 23.4 Å². The van der Waals surface area contributed by atoms with Crippen LogP contribution in [-0.2, 0) is 24.0 Å². The van der Waals surface area contributed by atoms with Gasteiger partial charge >= 0.3 is 11.9 Å². The first-order valence-corrected chi connectivity index (χ1v) is 10.8. The molecule has 0 aromatic heterocycles. The van der Waals surface area contributed by atoms with Crippen LogP contribution in [0, 0.1) is 0 Å². The molecule has 2 radical (unpaired) electrons. The van der Waals surface area contributed by atoms with E-state index < -0.39 is 42.4 Å². The number of carbonyl (C=O) groups is 5. The number of anilines is 1. The number of nitrogens with one attached hydrogen (secondary N) is 3.